The molecule has 0 aliphatic carbocycles. The largest absolute Gasteiger partial charge is 0.511 e. The van der Waals surface area contributed by atoms with Gasteiger partial charge in [-0.1, -0.05) is 23.7 Å². The summed E-state index contributed by atoms with van der Waals surface area (Å²) in [6, 6.07) is 3.44. The first kappa shape index (κ1) is 51.7. The Bertz CT molecular complexity index is 2880. The number of H-pyrrole nitrogens is 1. The Labute approximate surface area is 369 Å². The monoisotopic (exact) mass is 988 g/mol. The molecule has 0 amide bonds. The second-order valence-electron chi connectivity index (χ2n) is 13.8. The normalized spacial score (nSPS) is 15.8. The highest BCUT2D eigenvalue weighted by molar-refractivity contribution is 7.91. The third-order valence-corrected chi connectivity index (χ3v) is 13.3. The van der Waals surface area contributed by atoms with E-state index >= 15 is 0 Å². The van der Waals surface area contributed by atoms with E-state index in [0.29, 0.717) is 12.1 Å². The van der Waals surface area contributed by atoms with Gasteiger partial charge in [0.25, 0.3) is 5.43 Å². The van der Waals surface area contributed by atoms with Gasteiger partial charge in [0.1, 0.15) is 0 Å². The average Bonchev–Trinajstić information content (AvgIpc) is 3.20. The number of fused-ring (bicyclic) bond motifs is 2. The molecule has 2 unspecified atom stereocenters. The van der Waals surface area contributed by atoms with E-state index in [4.69, 9.17) is 21.1 Å². The molecule has 1 N–H and O–H groups in total. The van der Waals surface area contributed by atoms with E-state index in [1.165, 1.54) is 47.4 Å². The summed E-state index contributed by atoms with van der Waals surface area (Å²) in [6.07, 6.45) is -10.1. The molecule has 0 bridgehead atoms. The first-order valence-electron chi connectivity index (χ1n) is 18.6. The molecule has 4 heterocycles. The SMILES string of the molecule is COC(=O)OC(C)Cl.COC(=O)OC(C)Oc1c(-c2ccc(C(F)(F)F)c3c2CCCS3(=O)=O)cnn(C)c1=O.Cn1[nH]cc(-c2ccc(C(F)(F)F)c3c2CCCS3(=O)=O)c(=O)c1=O. The predicted molar refractivity (Wildman–Crippen MR) is 216 cm³/mol. The molecule has 0 spiro atoms. The van der Waals surface area contributed by atoms with Crippen molar-refractivity contribution in [1.82, 2.24) is 19.6 Å². The first-order valence-corrected chi connectivity index (χ1v) is 22.4. The molecule has 2 aliphatic heterocycles. The molecule has 0 saturated heterocycles. The minimum atomic E-state index is -4.89. The molecule has 0 radical (unpaired) electrons. The fourth-order valence-corrected chi connectivity index (χ4v) is 10.4. The molecule has 356 valence electrons. The number of hydrogen-bond donors (Lipinski definition) is 1. The number of carbonyl (C=O) groups is 2. The number of halogens is 7. The van der Waals surface area contributed by atoms with Gasteiger partial charge in [-0.2, -0.15) is 31.4 Å². The van der Waals surface area contributed by atoms with Gasteiger partial charge in [0.05, 0.1) is 64.0 Å². The highest BCUT2D eigenvalue weighted by atomic mass is 35.5. The van der Waals surface area contributed by atoms with Crippen molar-refractivity contribution in [1.29, 1.82) is 0 Å². The van der Waals surface area contributed by atoms with Gasteiger partial charge in [-0.3, -0.25) is 19.1 Å². The summed E-state index contributed by atoms with van der Waals surface area (Å²) in [5.74, 6) is -1.18. The number of nitrogens with zero attached hydrogens (tertiary/aromatic N) is 3. The zero-order valence-corrected chi connectivity index (χ0v) is 37.3. The predicted octanol–water partition coefficient (Wildman–Crippen LogP) is 5.53. The second-order valence-corrected chi connectivity index (χ2v) is 18.6. The van der Waals surface area contributed by atoms with Gasteiger partial charge in [0, 0.05) is 27.2 Å². The summed E-state index contributed by atoms with van der Waals surface area (Å²) in [5.41, 5.74) is -5.93. The van der Waals surface area contributed by atoms with Gasteiger partial charge in [-0.15, -0.1) is 0 Å². The van der Waals surface area contributed by atoms with E-state index in [0.717, 1.165) is 28.6 Å². The van der Waals surface area contributed by atoms with Gasteiger partial charge in [0.2, 0.25) is 6.29 Å². The van der Waals surface area contributed by atoms with Crippen molar-refractivity contribution >= 4 is 43.6 Å². The van der Waals surface area contributed by atoms with E-state index in [2.05, 4.69) is 24.4 Å². The molecule has 6 rings (SSSR count). The number of aryl methyl sites for hydroxylation is 2. The van der Waals surface area contributed by atoms with Gasteiger partial charge in [-0.25, -0.2) is 31.1 Å². The molecular formula is C38H39ClF6N4O14S2. The summed E-state index contributed by atoms with van der Waals surface area (Å²) in [6.45, 7) is 2.83. The molecule has 2 aromatic carbocycles. The van der Waals surface area contributed by atoms with Crippen molar-refractivity contribution in [3.63, 3.8) is 0 Å². The van der Waals surface area contributed by atoms with Crippen LogP contribution < -0.4 is 21.3 Å². The zero-order valence-electron chi connectivity index (χ0n) is 34.9. The van der Waals surface area contributed by atoms with Gasteiger partial charge < -0.3 is 28.8 Å². The molecular weight excluding hydrogens is 950 g/mol. The van der Waals surface area contributed by atoms with Crippen molar-refractivity contribution in [2.24, 2.45) is 14.1 Å². The van der Waals surface area contributed by atoms with Crippen LogP contribution in [0.3, 0.4) is 0 Å². The number of aromatic amines is 1. The molecule has 65 heavy (non-hydrogen) atoms. The summed E-state index contributed by atoms with van der Waals surface area (Å²) in [7, 11) is -3.41. The number of carbonyl (C=O) groups excluding carboxylic acids is 2. The van der Waals surface area contributed by atoms with E-state index < -0.39 is 99.4 Å². The maximum Gasteiger partial charge on any atom is 0.511 e. The van der Waals surface area contributed by atoms with Crippen LogP contribution in [0.4, 0.5) is 35.9 Å². The van der Waals surface area contributed by atoms with Crippen LogP contribution in [0.5, 0.6) is 5.75 Å². The molecule has 18 nitrogen and oxygen atoms in total. The van der Waals surface area contributed by atoms with Crippen LogP contribution in [0.2, 0.25) is 0 Å². The number of ether oxygens (including phenoxy) is 5. The third kappa shape index (κ3) is 11.9. The van der Waals surface area contributed by atoms with Crippen LogP contribution in [-0.2, 0) is 77.9 Å². The minimum absolute atomic E-state index is 0.0320. The summed E-state index contributed by atoms with van der Waals surface area (Å²) in [4.78, 5) is 56.5. The van der Waals surface area contributed by atoms with Crippen LogP contribution in [0.1, 0.15) is 48.9 Å². The molecule has 0 fully saturated rings. The van der Waals surface area contributed by atoms with Crippen molar-refractivity contribution in [2.45, 2.75) is 73.5 Å². The van der Waals surface area contributed by atoms with Crippen molar-refractivity contribution < 1.29 is 76.5 Å². The molecule has 0 saturated carbocycles. The molecule has 2 aliphatic rings. The highest BCUT2D eigenvalue weighted by Gasteiger charge is 2.42. The second kappa shape index (κ2) is 20.1. The van der Waals surface area contributed by atoms with E-state index in [1.54, 1.807) is 0 Å². The Morgan fingerprint density at radius 2 is 1.20 bits per heavy atom. The number of rotatable bonds is 6. The quantitative estimate of drug-likeness (QED) is 0.0822. The number of methoxy groups -OCH3 is 2. The van der Waals surface area contributed by atoms with Crippen LogP contribution in [0.15, 0.2) is 60.8 Å². The molecule has 4 aromatic rings. The van der Waals surface area contributed by atoms with Gasteiger partial charge in [0.15, 0.2) is 31.0 Å². The fraction of sp³-hybridized carbons (Fsp3) is 0.421. The Hall–Kier alpha value is -5.89. The number of sulfone groups is 2. The highest BCUT2D eigenvalue weighted by Crippen LogP contribution is 2.44. The van der Waals surface area contributed by atoms with E-state index in [1.807, 2.05) is 0 Å². The number of aromatic nitrogens is 4. The maximum atomic E-state index is 13.6. The number of hydrogen-bond acceptors (Lipinski definition) is 15. The van der Waals surface area contributed by atoms with Crippen LogP contribution in [0, 0.1) is 0 Å². The van der Waals surface area contributed by atoms with Crippen molar-refractivity contribution in [3.8, 4) is 28.0 Å². The standard InChI is InChI=1S/C19H19F3N2O7S.C15H13F3N2O4S.C4H7ClO3/c1-10(31-18(26)29-3)30-15-13(9-23-24(2)17(15)25)11-6-7-14(19(20,21)22)16-12(11)5-4-8-32(16,27)28;1-20-14(22)12(21)10(7-19-20)8-4-5-11(15(16,17)18)13-9(8)3-2-6-25(13,23)24;1-3(5)8-4(6)7-2/h6-7,9-10H,4-5,8H2,1-3H3;4-5,7,19H,2-3,6H2,1H3;3H,1-2H3. The van der Waals surface area contributed by atoms with E-state index in [-0.39, 0.29) is 70.6 Å². The first-order chi connectivity index (χ1) is 30.1. The number of nitrogens with one attached hydrogen (secondary N) is 1. The van der Waals surface area contributed by atoms with Crippen molar-refractivity contribution in [2.75, 3.05) is 25.7 Å². The topological polar surface area (TPSA) is 238 Å². The van der Waals surface area contributed by atoms with Crippen LogP contribution in [-0.4, -0.2) is 86.3 Å². The fourth-order valence-electron chi connectivity index (χ4n) is 6.63. The Morgan fingerprint density at radius 3 is 1.63 bits per heavy atom. The minimum Gasteiger partial charge on any atom is -0.448 e. The molecule has 2 atom stereocenters. The van der Waals surface area contributed by atoms with Crippen LogP contribution >= 0.6 is 11.6 Å². The number of alkyl halides is 7. The Kier molecular flexibility index (Phi) is 16.0. The smallest absolute Gasteiger partial charge is 0.448 e. The molecule has 2 aromatic heterocycles. The maximum absolute atomic E-state index is 13.6. The van der Waals surface area contributed by atoms with Crippen LogP contribution in [0.25, 0.3) is 22.3 Å². The number of benzene rings is 2. The lowest BCUT2D eigenvalue weighted by Crippen LogP contribution is -2.35. The summed E-state index contributed by atoms with van der Waals surface area (Å²) in [5, 5.41) is 6.39. The van der Waals surface area contributed by atoms with Gasteiger partial charge in [-0.05, 0) is 67.0 Å². The zero-order chi connectivity index (χ0) is 49.0. The lowest BCUT2D eigenvalue weighted by Gasteiger charge is -2.25. The molecule has 27 heteroatoms. The summed E-state index contributed by atoms with van der Waals surface area (Å²) < 4.78 is 155. The average molecular weight is 989 g/mol. The Morgan fingerprint density at radius 1 is 0.738 bits per heavy atom. The van der Waals surface area contributed by atoms with Gasteiger partial charge >= 0.3 is 35.8 Å². The lowest BCUT2D eigenvalue weighted by atomic mass is 9.94. The summed E-state index contributed by atoms with van der Waals surface area (Å²) >= 11 is 5.23. The Balaban J connectivity index is 0.000000249. The van der Waals surface area contributed by atoms with E-state index in [9.17, 15) is 67.2 Å². The third-order valence-electron chi connectivity index (χ3n) is 9.39. The van der Waals surface area contributed by atoms with Crippen molar-refractivity contribution in [3.05, 3.63) is 89.8 Å². The lowest BCUT2D eigenvalue weighted by molar-refractivity contribution is -0.140.